The van der Waals surface area contributed by atoms with Crippen LogP contribution in [0.2, 0.25) is 0 Å². The van der Waals surface area contributed by atoms with Gasteiger partial charge in [-0.1, -0.05) is 0 Å². The minimum Gasteiger partial charge on any atom is -0.341 e. The van der Waals surface area contributed by atoms with Crippen molar-refractivity contribution in [2.45, 2.75) is 6.42 Å². The zero-order valence-electron chi connectivity index (χ0n) is 10.2. The van der Waals surface area contributed by atoms with Crippen LogP contribution in [0.5, 0.6) is 0 Å². The Bertz CT molecular complexity index is 296. The fourth-order valence-corrected chi connectivity index (χ4v) is 2.65. The predicted octanol–water partition coefficient (Wildman–Crippen LogP) is -1.02. The van der Waals surface area contributed by atoms with Gasteiger partial charge >= 0.3 is 6.03 Å². The maximum atomic E-state index is 11.4. The van der Waals surface area contributed by atoms with Gasteiger partial charge in [-0.25, -0.2) is 4.79 Å². The molecule has 2 heterocycles. The Kier molecular flexibility index (Phi) is 3.96. The highest BCUT2D eigenvalue weighted by Gasteiger charge is 2.35. The number of amides is 3. The summed E-state index contributed by atoms with van der Waals surface area (Å²) in [5.41, 5.74) is 0. The van der Waals surface area contributed by atoms with Gasteiger partial charge in [-0.15, -0.1) is 0 Å². The van der Waals surface area contributed by atoms with Crippen LogP contribution in [0, 0.1) is 11.8 Å². The Morgan fingerprint density at radius 2 is 1.94 bits per heavy atom. The number of urea groups is 1. The van der Waals surface area contributed by atoms with E-state index in [0.717, 1.165) is 44.6 Å². The summed E-state index contributed by atoms with van der Waals surface area (Å²) in [5.74, 6) is 1.29. The number of carbonyl (C=O) groups excluding carboxylic acids is 2. The standard InChI is InChI=1S/C11H20N4O2/c1-12-11(17)14-10(16)2-3-15-6-8-4-13-5-9(8)7-15/h8-9,13H,2-7H2,1H3,(H2,12,14,16,17)/t8-,9+. The normalized spacial score (nSPS) is 27.8. The fraction of sp³-hybridized carbons (Fsp3) is 0.818. The molecule has 0 aromatic rings. The quantitative estimate of drug-likeness (QED) is 0.590. The fourth-order valence-electron chi connectivity index (χ4n) is 2.65. The van der Waals surface area contributed by atoms with E-state index < -0.39 is 6.03 Å². The van der Waals surface area contributed by atoms with Crippen molar-refractivity contribution in [2.24, 2.45) is 11.8 Å². The van der Waals surface area contributed by atoms with E-state index in [0.29, 0.717) is 6.42 Å². The van der Waals surface area contributed by atoms with Gasteiger partial charge in [0.1, 0.15) is 0 Å². The lowest BCUT2D eigenvalue weighted by Crippen LogP contribution is -2.39. The van der Waals surface area contributed by atoms with E-state index in [4.69, 9.17) is 0 Å². The Balaban J connectivity index is 1.66. The van der Waals surface area contributed by atoms with E-state index in [9.17, 15) is 9.59 Å². The molecule has 0 unspecified atom stereocenters. The Morgan fingerprint density at radius 3 is 2.53 bits per heavy atom. The lowest BCUT2D eigenvalue weighted by atomic mass is 10.0. The van der Waals surface area contributed by atoms with Crippen molar-refractivity contribution in [1.82, 2.24) is 20.9 Å². The molecule has 2 saturated heterocycles. The van der Waals surface area contributed by atoms with Crippen LogP contribution in [0.1, 0.15) is 6.42 Å². The van der Waals surface area contributed by atoms with E-state index in [1.165, 1.54) is 7.05 Å². The number of imide groups is 1. The van der Waals surface area contributed by atoms with Crippen LogP contribution in [0.15, 0.2) is 0 Å². The second-order valence-electron chi connectivity index (χ2n) is 4.82. The van der Waals surface area contributed by atoms with Crippen LogP contribution in [0.25, 0.3) is 0 Å². The summed E-state index contributed by atoms with van der Waals surface area (Å²) < 4.78 is 0. The first-order chi connectivity index (χ1) is 8.19. The molecule has 2 aliphatic heterocycles. The molecule has 3 amide bonds. The van der Waals surface area contributed by atoms with Gasteiger partial charge in [0.15, 0.2) is 0 Å². The molecular weight excluding hydrogens is 220 g/mol. The molecule has 0 saturated carbocycles. The first kappa shape index (κ1) is 12.3. The first-order valence-electron chi connectivity index (χ1n) is 6.13. The number of hydrogen-bond acceptors (Lipinski definition) is 4. The van der Waals surface area contributed by atoms with Crippen LogP contribution in [-0.2, 0) is 4.79 Å². The van der Waals surface area contributed by atoms with Gasteiger partial charge in [0.25, 0.3) is 0 Å². The number of nitrogens with one attached hydrogen (secondary N) is 3. The van der Waals surface area contributed by atoms with Gasteiger partial charge in [-0.05, 0) is 24.9 Å². The largest absolute Gasteiger partial charge is 0.341 e. The highest BCUT2D eigenvalue weighted by atomic mass is 16.2. The summed E-state index contributed by atoms with van der Waals surface area (Å²) in [6.45, 7) is 5.10. The van der Waals surface area contributed by atoms with Crippen molar-refractivity contribution in [3.63, 3.8) is 0 Å². The molecule has 0 bridgehead atoms. The van der Waals surface area contributed by atoms with E-state index >= 15 is 0 Å². The van der Waals surface area contributed by atoms with Gasteiger partial charge in [-0.2, -0.15) is 0 Å². The zero-order valence-corrected chi connectivity index (χ0v) is 10.2. The molecule has 17 heavy (non-hydrogen) atoms. The number of fused-ring (bicyclic) bond motifs is 1. The van der Waals surface area contributed by atoms with Crippen molar-refractivity contribution in [3.05, 3.63) is 0 Å². The van der Waals surface area contributed by atoms with Crippen molar-refractivity contribution in [3.8, 4) is 0 Å². The van der Waals surface area contributed by atoms with Crippen molar-refractivity contribution in [2.75, 3.05) is 39.8 Å². The molecule has 2 rings (SSSR count). The molecule has 0 aromatic carbocycles. The topological polar surface area (TPSA) is 73.5 Å². The average molecular weight is 240 g/mol. The monoisotopic (exact) mass is 240 g/mol. The molecule has 2 atom stereocenters. The lowest BCUT2D eigenvalue weighted by Gasteiger charge is -2.16. The third-order valence-electron chi connectivity index (χ3n) is 3.60. The average Bonchev–Trinajstić information content (AvgIpc) is 2.86. The SMILES string of the molecule is CNC(=O)NC(=O)CCN1C[C@H]2CNC[C@H]2C1. The molecule has 2 fully saturated rings. The molecule has 2 aliphatic rings. The second-order valence-corrected chi connectivity index (χ2v) is 4.82. The van der Waals surface area contributed by atoms with Gasteiger partial charge in [-0.3, -0.25) is 10.1 Å². The highest BCUT2D eigenvalue weighted by Crippen LogP contribution is 2.25. The van der Waals surface area contributed by atoms with E-state index in [-0.39, 0.29) is 5.91 Å². The van der Waals surface area contributed by atoms with Gasteiger partial charge < -0.3 is 15.5 Å². The molecule has 0 radical (unpaired) electrons. The molecule has 96 valence electrons. The van der Waals surface area contributed by atoms with E-state index in [2.05, 4.69) is 20.9 Å². The second kappa shape index (κ2) is 5.46. The van der Waals surface area contributed by atoms with Crippen molar-refractivity contribution in [1.29, 1.82) is 0 Å². The summed E-state index contributed by atoms with van der Waals surface area (Å²) in [5, 5.41) is 8.02. The minimum atomic E-state index is -0.433. The number of likely N-dealkylation sites (tertiary alicyclic amines) is 1. The Hall–Kier alpha value is -1.14. The highest BCUT2D eigenvalue weighted by molar-refractivity contribution is 5.94. The summed E-state index contributed by atoms with van der Waals surface area (Å²) in [6.07, 6.45) is 0.389. The summed E-state index contributed by atoms with van der Waals surface area (Å²) in [4.78, 5) is 24.6. The molecule has 0 spiro atoms. The predicted molar refractivity (Wildman–Crippen MR) is 63.5 cm³/mol. The summed E-state index contributed by atoms with van der Waals surface area (Å²) in [6, 6.07) is -0.433. The number of hydrogen-bond donors (Lipinski definition) is 3. The third kappa shape index (κ3) is 3.17. The maximum absolute atomic E-state index is 11.4. The number of nitrogens with zero attached hydrogens (tertiary/aromatic N) is 1. The van der Waals surface area contributed by atoms with E-state index in [1.807, 2.05) is 0 Å². The van der Waals surface area contributed by atoms with Crippen molar-refractivity contribution < 1.29 is 9.59 Å². The number of carbonyl (C=O) groups is 2. The third-order valence-corrected chi connectivity index (χ3v) is 3.60. The first-order valence-corrected chi connectivity index (χ1v) is 6.13. The smallest absolute Gasteiger partial charge is 0.321 e. The lowest BCUT2D eigenvalue weighted by molar-refractivity contribution is -0.120. The summed E-state index contributed by atoms with van der Waals surface area (Å²) in [7, 11) is 1.50. The molecule has 0 aliphatic carbocycles. The van der Waals surface area contributed by atoms with Crippen LogP contribution >= 0.6 is 0 Å². The maximum Gasteiger partial charge on any atom is 0.321 e. The molecule has 3 N–H and O–H groups in total. The van der Waals surface area contributed by atoms with Crippen LogP contribution in [0.3, 0.4) is 0 Å². The van der Waals surface area contributed by atoms with Crippen LogP contribution in [0.4, 0.5) is 4.79 Å². The zero-order chi connectivity index (χ0) is 12.3. The Morgan fingerprint density at radius 1 is 1.29 bits per heavy atom. The summed E-state index contributed by atoms with van der Waals surface area (Å²) >= 11 is 0. The molecule has 6 nitrogen and oxygen atoms in total. The number of rotatable bonds is 3. The molecular formula is C11H20N4O2. The van der Waals surface area contributed by atoms with Gasteiger partial charge in [0.2, 0.25) is 5.91 Å². The molecule has 6 heteroatoms. The van der Waals surface area contributed by atoms with E-state index in [1.54, 1.807) is 0 Å². The van der Waals surface area contributed by atoms with Crippen LogP contribution in [-0.4, -0.2) is 56.6 Å². The molecule has 0 aromatic heterocycles. The Labute approximate surface area is 101 Å². The van der Waals surface area contributed by atoms with Crippen LogP contribution < -0.4 is 16.0 Å². The van der Waals surface area contributed by atoms with Crippen molar-refractivity contribution >= 4 is 11.9 Å². The van der Waals surface area contributed by atoms with Gasteiger partial charge in [0.05, 0.1) is 0 Å². The van der Waals surface area contributed by atoms with Gasteiger partial charge in [0, 0.05) is 33.1 Å². The minimum absolute atomic E-state index is 0.209.